The van der Waals surface area contributed by atoms with Crippen LogP contribution in [-0.4, -0.2) is 5.78 Å². The van der Waals surface area contributed by atoms with E-state index in [1.807, 2.05) is 97.9 Å². The number of hydrogen-bond acceptors (Lipinski definition) is 2. The molecule has 0 aliphatic carbocycles. The third-order valence-electron chi connectivity index (χ3n) is 3.98. The third kappa shape index (κ3) is 4.24. The highest BCUT2D eigenvalue weighted by Gasteiger charge is 2.16. The van der Waals surface area contributed by atoms with Crippen LogP contribution in [0.15, 0.2) is 96.6 Å². The summed E-state index contributed by atoms with van der Waals surface area (Å²) in [7, 11) is 0. The molecule has 0 aromatic heterocycles. The fraction of sp³-hybridized carbons (Fsp3) is 0.0870. The zero-order chi connectivity index (χ0) is 17.5. The van der Waals surface area contributed by atoms with Crippen LogP contribution >= 0.6 is 0 Å². The number of hydrogen-bond donors (Lipinski definition) is 0. The molecule has 0 radical (unpaired) electrons. The van der Waals surface area contributed by atoms with Crippen molar-refractivity contribution in [2.45, 2.75) is 13.5 Å². The van der Waals surface area contributed by atoms with Crippen LogP contribution in [0.2, 0.25) is 0 Å². The molecule has 2 nitrogen and oxygen atoms in total. The van der Waals surface area contributed by atoms with Gasteiger partial charge in [0.2, 0.25) is 0 Å². The maximum absolute atomic E-state index is 12.8. The minimum atomic E-state index is -0.0208. The molecule has 0 aliphatic rings. The lowest BCUT2D eigenvalue weighted by atomic mass is 10.0. The Morgan fingerprint density at radius 2 is 1.20 bits per heavy atom. The topological polar surface area (TPSA) is 26.3 Å². The number of allylic oxidation sites excluding steroid dienone is 1. The van der Waals surface area contributed by atoms with Crippen molar-refractivity contribution in [2.24, 2.45) is 0 Å². The first kappa shape index (κ1) is 16.7. The standard InChI is InChI=1S/C23H20O2/c1-18(22(24)20-13-7-3-8-14-20)23(21-15-9-4-10-16-21)25-17-19-11-5-2-6-12-19/h2-16H,17H2,1H3/b23-18-. The van der Waals surface area contributed by atoms with Crippen molar-refractivity contribution in [2.75, 3.05) is 0 Å². The van der Waals surface area contributed by atoms with E-state index in [4.69, 9.17) is 4.74 Å². The first-order valence-corrected chi connectivity index (χ1v) is 8.28. The molecule has 3 rings (SSSR count). The van der Waals surface area contributed by atoms with Crippen LogP contribution < -0.4 is 0 Å². The molecule has 124 valence electrons. The predicted octanol–water partition coefficient (Wildman–Crippen LogP) is 5.52. The van der Waals surface area contributed by atoms with Gasteiger partial charge in [0.25, 0.3) is 0 Å². The zero-order valence-electron chi connectivity index (χ0n) is 14.2. The molecule has 0 saturated carbocycles. The zero-order valence-corrected chi connectivity index (χ0v) is 14.2. The smallest absolute Gasteiger partial charge is 0.192 e. The molecule has 3 aromatic rings. The van der Waals surface area contributed by atoms with E-state index in [9.17, 15) is 4.79 Å². The summed E-state index contributed by atoms with van der Waals surface area (Å²) in [5.41, 5.74) is 3.24. The highest BCUT2D eigenvalue weighted by Crippen LogP contribution is 2.24. The minimum Gasteiger partial charge on any atom is -0.488 e. The molecular weight excluding hydrogens is 308 g/mol. The lowest BCUT2D eigenvalue weighted by Crippen LogP contribution is -2.06. The summed E-state index contributed by atoms with van der Waals surface area (Å²) < 4.78 is 6.08. The normalized spacial score (nSPS) is 11.6. The Morgan fingerprint density at radius 1 is 0.720 bits per heavy atom. The Hall–Kier alpha value is -3.13. The van der Waals surface area contributed by atoms with E-state index in [0.29, 0.717) is 23.5 Å². The Bertz CT molecular complexity index is 850. The van der Waals surface area contributed by atoms with Gasteiger partial charge in [-0.1, -0.05) is 91.0 Å². The number of rotatable bonds is 6. The average molecular weight is 328 g/mol. The maximum atomic E-state index is 12.8. The summed E-state index contributed by atoms with van der Waals surface area (Å²) in [6.07, 6.45) is 0. The molecule has 25 heavy (non-hydrogen) atoms. The van der Waals surface area contributed by atoms with Gasteiger partial charge in [-0.05, 0) is 12.5 Å². The van der Waals surface area contributed by atoms with Crippen LogP contribution in [0.4, 0.5) is 0 Å². The lowest BCUT2D eigenvalue weighted by molar-refractivity contribution is 0.103. The van der Waals surface area contributed by atoms with Crippen LogP contribution in [0.1, 0.15) is 28.4 Å². The van der Waals surface area contributed by atoms with Crippen molar-refractivity contribution in [3.8, 4) is 0 Å². The second-order valence-corrected chi connectivity index (χ2v) is 5.79. The molecule has 3 aromatic carbocycles. The largest absolute Gasteiger partial charge is 0.488 e. The summed E-state index contributed by atoms with van der Waals surface area (Å²) in [5.74, 6) is 0.603. The Morgan fingerprint density at radius 3 is 1.76 bits per heavy atom. The van der Waals surface area contributed by atoms with E-state index in [1.54, 1.807) is 0 Å². The number of ketones is 1. The molecule has 2 heteroatoms. The van der Waals surface area contributed by atoms with Gasteiger partial charge in [0.05, 0.1) is 0 Å². The molecule has 0 bridgehead atoms. The number of ether oxygens (including phenoxy) is 1. The van der Waals surface area contributed by atoms with Gasteiger partial charge in [-0.25, -0.2) is 0 Å². The minimum absolute atomic E-state index is 0.0208. The molecule has 0 saturated heterocycles. The Balaban J connectivity index is 1.94. The van der Waals surface area contributed by atoms with Crippen LogP contribution in [0.25, 0.3) is 5.76 Å². The Kier molecular flexibility index (Phi) is 5.43. The monoisotopic (exact) mass is 328 g/mol. The number of carbonyl (C=O) groups excluding carboxylic acids is 1. The van der Waals surface area contributed by atoms with Crippen molar-refractivity contribution >= 4 is 11.5 Å². The Labute approximate surface area is 148 Å². The van der Waals surface area contributed by atoms with E-state index < -0.39 is 0 Å². The molecule has 0 unspecified atom stereocenters. The highest BCUT2D eigenvalue weighted by atomic mass is 16.5. The molecule has 0 atom stereocenters. The van der Waals surface area contributed by atoms with Crippen molar-refractivity contribution in [3.63, 3.8) is 0 Å². The molecule has 0 aliphatic heterocycles. The molecular formula is C23H20O2. The average Bonchev–Trinajstić information content (AvgIpc) is 2.69. The van der Waals surface area contributed by atoms with Gasteiger partial charge in [-0.3, -0.25) is 4.79 Å². The second-order valence-electron chi connectivity index (χ2n) is 5.79. The molecule has 0 heterocycles. The fourth-order valence-corrected chi connectivity index (χ4v) is 2.64. The maximum Gasteiger partial charge on any atom is 0.192 e. The van der Waals surface area contributed by atoms with Gasteiger partial charge in [-0.15, -0.1) is 0 Å². The summed E-state index contributed by atoms with van der Waals surface area (Å²) in [5, 5.41) is 0. The van der Waals surface area contributed by atoms with Crippen LogP contribution in [-0.2, 0) is 11.3 Å². The SMILES string of the molecule is C/C(C(=O)c1ccccc1)=C(/OCc1ccccc1)c1ccccc1. The summed E-state index contributed by atoms with van der Waals surface area (Å²) in [4.78, 5) is 12.8. The number of Topliss-reactive ketones (excluding diaryl/α,β-unsaturated/α-hetero) is 1. The third-order valence-corrected chi connectivity index (χ3v) is 3.98. The molecule has 0 spiro atoms. The van der Waals surface area contributed by atoms with Crippen LogP contribution in [0, 0.1) is 0 Å². The van der Waals surface area contributed by atoms with Gasteiger partial charge in [0, 0.05) is 16.7 Å². The van der Waals surface area contributed by atoms with Gasteiger partial charge < -0.3 is 4.74 Å². The first-order chi connectivity index (χ1) is 12.3. The fourth-order valence-electron chi connectivity index (χ4n) is 2.64. The van der Waals surface area contributed by atoms with E-state index in [1.165, 1.54) is 0 Å². The molecule has 0 fully saturated rings. The highest BCUT2D eigenvalue weighted by molar-refractivity contribution is 6.12. The van der Waals surface area contributed by atoms with Crippen molar-refractivity contribution in [1.29, 1.82) is 0 Å². The molecule has 0 N–H and O–H groups in total. The first-order valence-electron chi connectivity index (χ1n) is 8.28. The van der Waals surface area contributed by atoms with E-state index in [0.717, 1.165) is 11.1 Å². The van der Waals surface area contributed by atoms with Crippen molar-refractivity contribution in [1.82, 2.24) is 0 Å². The van der Waals surface area contributed by atoms with Gasteiger partial charge in [0.15, 0.2) is 5.78 Å². The lowest BCUT2D eigenvalue weighted by Gasteiger charge is -2.14. The van der Waals surface area contributed by atoms with Gasteiger partial charge in [0.1, 0.15) is 12.4 Å². The number of benzene rings is 3. The summed E-state index contributed by atoms with van der Waals surface area (Å²) in [6, 6.07) is 29.0. The molecule has 0 amide bonds. The number of carbonyl (C=O) groups is 1. The van der Waals surface area contributed by atoms with E-state index in [-0.39, 0.29) is 5.78 Å². The van der Waals surface area contributed by atoms with Crippen LogP contribution in [0.3, 0.4) is 0 Å². The van der Waals surface area contributed by atoms with Crippen molar-refractivity contribution < 1.29 is 9.53 Å². The van der Waals surface area contributed by atoms with Gasteiger partial charge >= 0.3 is 0 Å². The van der Waals surface area contributed by atoms with E-state index in [2.05, 4.69) is 0 Å². The second kappa shape index (κ2) is 8.11. The summed E-state index contributed by atoms with van der Waals surface area (Å²) >= 11 is 0. The van der Waals surface area contributed by atoms with E-state index >= 15 is 0 Å². The van der Waals surface area contributed by atoms with Gasteiger partial charge in [-0.2, -0.15) is 0 Å². The predicted molar refractivity (Wildman–Crippen MR) is 101 cm³/mol. The van der Waals surface area contributed by atoms with Crippen LogP contribution in [0.5, 0.6) is 0 Å². The quantitative estimate of drug-likeness (QED) is 0.338. The van der Waals surface area contributed by atoms with Crippen molar-refractivity contribution in [3.05, 3.63) is 113 Å². The summed E-state index contributed by atoms with van der Waals surface area (Å²) in [6.45, 7) is 2.24.